The molecule has 0 unspecified atom stereocenters. The van der Waals surface area contributed by atoms with Gasteiger partial charge in [-0.2, -0.15) is 5.10 Å². The van der Waals surface area contributed by atoms with Crippen LogP contribution >= 0.6 is 11.8 Å². The molecule has 22 heavy (non-hydrogen) atoms. The molecule has 0 saturated carbocycles. The standard InChI is InChI=1S/C17H15N3OS/c21-17-10-14(22-16-9-5-4-8-15(16)20-17)12-19-18-11-13-6-2-1-3-7-13/h1-11,19H,12H2,(H,20,21)/b18-11+. The number of amides is 1. The summed E-state index contributed by atoms with van der Waals surface area (Å²) in [7, 11) is 0. The Balaban J connectivity index is 1.63. The van der Waals surface area contributed by atoms with Crippen LogP contribution in [0.1, 0.15) is 5.56 Å². The van der Waals surface area contributed by atoms with E-state index in [1.165, 1.54) is 0 Å². The van der Waals surface area contributed by atoms with E-state index in [9.17, 15) is 4.79 Å². The fraction of sp³-hybridized carbons (Fsp3) is 0.0588. The van der Waals surface area contributed by atoms with Gasteiger partial charge in [-0.25, -0.2) is 0 Å². The number of nitrogens with one attached hydrogen (secondary N) is 2. The molecule has 5 heteroatoms. The maximum Gasteiger partial charge on any atom is 0.249 e. The van der Waals surface area contributed by atoms with Crippen LogP contribution in [0.5, 0.6) is 0 Å². The molecule has 2 aromatic rings. The van der Waals surface area contributed by atoms with E-state index in [2.05, 4.69) is 15.8 Å². The van der Waals surface area contributed by atoms with Crippen LogP contribution in [0.4, 0.5) is 5.69 Å². The van der Waals surface area contributed by atoms with Crippen LogP contribution in [0.3, 0.4) is 0 Å². The molecule has 1 aliphatic heterocycles. The highest BCUT2D eigenvalue weighted by Crippen LogP contribution is 2.34. The van der Waals surface area contributed by atoms with Crippen LogP contribution < -0.4 is 10.7 Å². The average molecular weight is 309 g/mol. The first kappa shape index (κ1) is 14.4. The number of carbonyl (C=O) groups excluding carboxylic acids is 1. The molecule has 1 amide bonds. The smallest absolute Gasteiger partial charge is 0.249 e. The van der Waals surface area contributed by atoms with Gasteiger partial charge in [-0.05, 0) is 17.7 Å². The maximum absolute atomic E-state index is 11.8. The predicted octanol–water partition coefficient (Wildman–Crippen LogP) is 3.24. The fourth-order valence-corrected chi connectivity index (χ4v) is 2.98. The van der Waals surface area contributed by atoms with Crippen LogP contribution in [0.15, 0.2) is 75.6 Å². The number of rotatable bonds is 4. The van der Waals surface area contributed by atoms with E-state index in [1.54, 1.807) is 24.1 Å². The Morgan fingerprint density at radius 2 is 1.86 bits per heavy atom. The zero-order valence-corrected chi connectivity index (χ0v) is 12.6. The first-order valence-electron chi connectivity index (χ1n) is 6.91. The molecule has 0 saturated heterocycles. The minimum Gasteiger partial charge on any atom is -0.321 e. The summed E-state index contributed by atoms with van der Waals surface area (Å²) in [5, 5.41) is 7.05. The summed E-state index contributed by atoms with van der Waals surface area (Å²) in [6.45, 7) is 0.510. The van der Waals surface area contributed by atoms with Gasteiger partial charge < -0.3 is 10.7 Å². The molecular weight excluding hydrogens is 294 g/mol. The van der Waals surface area contributed by atoms with Crippen LogP contribution in [-0.2, 0) is 4.79 Å². The van der Waals surface area contributed by atoms with E-state index in [4.69, 9.17) is 0 Å². The summed E-state index contributed by atoms with van der Waals surface area (Å²) in [6, 6.07) is 17.6. The van der Waals surface area contributed by atoms with Gasteiger partial charge in [-0.3, -0.25) is 4.79 Å². The molecule has 0 radical (unpaired) electrons. The van der Waals surface area contributed by atoms with Gasteiger partial charge in [0.2, 0.25) is 5.91 Å². The highest BCUT2D eigenvalue weighted by molar-refractivity contribution is 8.03. The van der Waals surface area contributed by atoms with E-state index >= 15 is 0 Å². The van der Waals surface area contributed by atoms with E-state index in [1.807, 2.05) is 54.6 Å². The Hall–Kier alpha value is -2.53. The van der Waals surface area contributed by atoms with Crippen molar-refractivity contribution in [3.8, 4) is 0 Å². The van der Waals surface area contributed by atoms with E-state index < -0.39 is 0 Å². The van der Waals surface area contributed by atoms with Crippen molar-refractivity contribution in [2.45, 2.75) is 4.90 Å². The lowest BCUT2D eigenvalue weighted by Crippen LogP contribution is -2.11. The molecular formula is C17H15N3OS. The van der Waals surface area contributed by atoms with Gasteiger partial charge in [-0.15, -0.1) is 0 Å². The van der Waals surface area contributed by atoms with E-state index in [0.29, 0.717) is 6.54 Å². The predicted molar refractivity (Wildman–Crippen MR) is 91.1 cm³/mol. The second-order valence-corrected chi connectivity index (χ2v) is 5.87. The zero-order valence-electron chi connectivity index (χ0n) is 11.8. The van der Waals surface area contributed by atoms with Gasteiger partial charge in [0.05, 0.1) is 18.4 Å². The maximum atomic E-state index is 11.8. The van der Waals surface area contributed by atoms with Crippen LogP contribution in [-0.4, -0.2) is 18.7 Å². The molecule has 0 aliphatic carbocycles. The Morgan fingerprint density at radius 1 is 1.09 bits per heavy atom. The van der Waals surface area contributed by atoms with Gasteiger partial charge in [0.15, 0.2) is 0 Å². The third-order valence-corrected chi connectivity index (χ3v) is 4.14. The lowest BCUT2D eigenvalue weighted by Gasteiger charge is -2.06. The lowest BCUT2D eigenvalue weighted by atomic mass is 10.2. The monoisotopic (exact) mass is 309 g/mol. The molecule has 2 aromatic carbocycles. The minimum atomic E-state index is -0.110. The molecule has 0 atom stereocenters. The molecule has 3 rings (SSSR count). The van der Waals surface area contributed by atoms with E-state index in [-0.39, 0.29) is 5.91 Å². The SMILES string of the molecule is O=C1C=C(CN/N=C/c2ccccc2)Sc2ccccc2N1. The number of hydrogen-bond donors (Lipinski definition) is 2. The lowest BCUT2D eigenvalue weighted by molar-refractivity contribution is -0.111. The Labute approximate surface area is 133 Å². The van der Waals surface area contributed by atoms with Gasteiger partial charge in [0, 0.05) is 15.9 Å². The summed E-state index contributed by atoms with van der Waals surface area (Å²) in [5.74, 6) is -0.110. The number of para-hydroxylation sites is 1. The second-order valence-electron chi connectivity index (χ2n) is 4.70. The van der Waals surface area contributed by atoms with Crippen molar-refractivity contribution in [2.75, 3.05) is 11.9 Å². The van der Waals surface area contributed by atoms with Crippen molar-refractivity contribution in [3.63, 3.8) is 0 Å². The average Bonchev–Trinajstić information content (AvgIpc) is 2.70. The Morgan fingerprint density at radius 3 is 2.73 bits per heavy atom. The van der Waals surface area contributed by atoms with E-state index in [0.717, 1.165) is 21.1 Å². The highest BCUT2D eigenvalue weighted by atomic mass is 32.2. The number of nitrogens with zero attached hydrogens (tertiary/aromatic N) is 1. The molecule has 4 nitrogen and oxygen atoms in total. The van der Waals surface area contributed by atoms with Gasteiger partial charge in [0.1, 0.15) is 0 Å². The van der Waals surface area contributed by atoms with Crippen molar-refractivity contribution in [1.29, 1.82) is 0 Å². The number of thioether (sulfide) groups is 1. The number of hydrazone groups is 1. The highest BCUT2D eigenvalue weighted by Gasteiger charge is 2.13. The summed E-state index contributed by atoms with van der Waals surface area (Å²) < 4.78 is 0. The largest absolute Gasteiger partial charge is 0.321 e. The summed E-state index contributed by atoms with van der Waals surface area (Å²) in [6.07, 6.45) is 3.37. The molecule has 0 fully saturated rings. The molecule has 0 aromatic heterocycles. The van der Waals surface area contributed by atoms with Crippen molar-refractivity contribution in [2.24, 2.45) is 5.10 Å². The topological polar surface area (TPSA) is 53.5 Å². The molecule has 1 aliphatic rings. The number of carbonyl (C=O) groups is 1. The van der Waals surface area contributed by atoms with Crippen molar-refractivity contribution in [3.05, 3.63) is 71.1 Å². The van der Waals surface area contributed by atoms with Gasteiger partial charge in [-0.1, -0.05) is 54.2 Å². The minimum absolute atomic E-state index is 0.110. The van der Waals surface area contributed by atoms with Gasteiger partial charge in [0.25, 0.3) is 0 Å². The number of benzene rings is 2. The molecule has 2 N–H and O–H groups in total. The Bertz CT molecular complexity index is 726. The normalized spacial score (nSPS) is 14.0. The zero-order chi connectivity index (χ0) is 15.2. The quantitative estimate of drug-likeness (QED) is 0.673. The number of anilines is 1. The first-order chi connectivity index (χ1) is 10.8. The van der Waals surface area contributed by atoms with Gasteiger partial charge >= 0.3 is 0 Å². The van der Waals surface area contributed by atoms with Crippen molar-refractivity contribution in [1.82, 2.24) is 5.43 Å². The summed E-state index contributed by atoms with van der Waals surface area (Å²) in [4.78, 5) is 13.8. The first-order valence-corrected chi connectivity index (χ1v) is 7.72. The molecule has 110 valence electrons. The fourth-order valence-electron chi connectivity index (χ4n) is 2.01. The molecule has 1 heterocycles. The number of hydrogen-bond acceptors (Lipinski definition) is 4. The van der Waals surface area contributed by atoms with Crippen molar-refractivity contribution < 1.29 is 4.79 Å². The Kier molecular flexibility index (Phi) is 4.56. The molecule has 0 bridgehead atoms. The number of fused-ring (bicyclic) bond motifs is 1. The second kappa shape index (κ2) is 6.95. The molecule has 0 spiro atoms. The summed E-state index contributed by atoms with van der Waals surface area (Å²) >= 11 is 1.57. The third-order valence-electron chi connectivity index (χ3n) is 3.04. The third kappa shape index (κ3) is 3.77. The van der Waals surface area contributed by atoms with Crippen molar-refractivity contribution >= 4 is 29.6 Å². The van der Waals surface area contributed by atoms with Crippen LogP contribution in [0.25, 0.3) is 0 Å². The van der Waals surface area contributed by atoms with Crippen LogP contribution in [0, 0.1) is 0 Å². The summed E-state index contributed by atoms with van der Waals surface area (Å²) in [5.41, 5.74) is 4.86. The van der Waals surface area contributed by atoms with Crippen LogP contribution in [0.2, 0.25) is 0 Å².